The Morgan fingerprint density at radius 2 is 1.74 bits per heavy atom. The first kappa shape index (κ1) is 26.7. The van der Waals surface area contributed by atoms with Gasteiger partial charge < -0.3 is 20.5 Å². The zero-order chi connectivity index (χ0) is 26.7. The van der Waals surface area contributed by atoms with Crippen LogP contribution in [0.2, 0.25) is 5.02 Å². The van der Waals surface area contributed by atoms with E-state index in [9.17, 15) is 14.7 Å². The summed E-state index contributed by atoms with van der Waals surface area (Å²) in [6.07, 6.45) is 2.23. The normalized spacial score (nSPS) is 11.4. The molecule has 4 rings (SSSR count). The minimum absolute atomic E-state index is 0.248. The third-order valence-electron chi connectivity index (χ3n) is 5.81. The van der Waals surface area contributed by atoms with Crippen molar-refractivity contribution in [2.45, 2.75) is 18.9 Å². The number of nitrogens with one attached hydrogen (secondary N) is 2. The number of aromatic nitrogens is 1. The van der Waals surface area contributed by atoms with Gasteiger partial charge in [-0.1, -0.05) is 60.1 Å². The first-order valence-corrected chi connectivity index (χ1v) is 12.6. The van der Waals surface area contributed by atoms with E-state index in [0.29, 0.717) is 35.1 Å². The number of hydrogen-bond acceptors (Lipinski definition) is 5. The number of carbonyl (C=O) groups is 2. The molecular weight excluding hydrogens is 502 g/mol. The first-order valence-electron chi connectivity index (χ1n) is 12.2. The van der Waals surface area contributed by atoms with Crippen molar-refractivity contribution in [1.29, 1.82) is 0 Å². The van der Waals surface area contributed by atoms with Gasteiger partial charge in [0.05, 0.1) is 19.1 Å². The van der Waals surface area contributed by atoms with Gasteiger partial charge in [0.1, 0.15) is 11.6 Å². The van der Waals surface area contributed by atoms with Gasteiger partial charge in [-0.2, -0.15) is 0 Å². The number of carboxylic acids is 1. The number of nitrogens with zero attached hydrogens (tertiary/aromatic N) is 1. The Bertz CT molecular complexity index is 1360. The molecule has 194 valence electrons. The summed E-state index contributed by atoms with van der Waals surface area (Å²) >= 11 is 6.10. The van der Waals surface area contributed by atoms with E-state index in [4.69, 9.17) is 16.3 Å². The molecule has 1 atom stereocenters. The van der Waals surface area contributed by atoms with E-state index in [1.807, 2.05) is 60.7 Å². The minimum atomic E-state index is -1.01. The first-order chi connectivity index (χ1) is 18.5. The van der Waals surface area contributed by atoms with Crippen LogP contribution >= 0.6 is 11.6 Å². The summed E-state index contributed by atoms with van der Waals surface area (Å²) < 4.78 is 5.81. The van der Waals surface area contributed by atoms with Gasteiger partial charge in [-0.15, -0.1) is 0 Å². The maximum absolute atomic E-state index is 13.0. The van der Waals surface area contributed by atoms with Gasteiger partial charge >= 0.3 is 5.97 Å². The highest BCUT2D eigenvalue weighted by Crippen LogP contribution is 2.26. The molecule has 0 saturated heterocycles. The molecule has 0 spiro atoms. The average Bonchev–Trinajstić information content (AvgIpc) is 2.93. The molecule has 1 amide bonds. The van der Waals surface area contributed by atoms with Crippen LogP contribution in [-0.2, 0) is 4.79 Å². The van der Waals surface area contributed by atoms with Crippen LogP contribution in [0.4, 0.5) is 5.82 Å². The van der Waals surface area contributed by atoms with Crippen LogP contribution in [0.15, 0.2) is 97.2 Å². The standard InChI is InChI=1S/C30H28ClN3O4/c31-25-8-3-6-23(18-25)21-11-13-22(14-12-21)27(20-29(35)36)34-30(37)24-7-4-9-26(19-24)38-17-5-16-33-28-10-1-2-15-32-28/h1-4,6-15,18-19,27H,5,16-17,20H2,(H,32,33)(H,34,37)(H,35,36). The second-order valence-corrected chi connectivity index (χ2v) is 9.06. The predicted octanol–water partition coefficient (Wildman–Crippen LogP) is 6.23. The molecule has 38 heavy (non-hydrogen) atoms. The van der Waals surface area contributed by atoms with Crippen molar-refractivity contribution in [2.75, 3.05) is 18.5 Å². The van der Waals surface area contributed by atoms with Crippen molar-refractivity contribution in [3.8, 4) is 16.9 Å². The van der Waals surface area contributed by atoms with Gasteiger partial charge in [0.25, 0.3) is 5.91 Å². The molecule has 0 bridgehead atoms. The van der Waals surface area contributed by atoms with E-state index in [2.05, 4.69) is 15.6 Å². The Hall–Kier alpha value is -4.36. The highest BCUT2D eigenvalue weighted by molar-refractivity contribution is 6.30. The van der Waals surface area contributed by atoms with Gasteiger partial charge in [-0.3, -0.25) is 9.59 Å². The van der Waals surface area contributed by atoms with Crippen LogP contribution in [0.25, 0.3) is 11.1 Å². The second-order valence-electron chi connectivity index (χ2n) is 8.63. The Morgan fingerprint density at radius 3 is 2.47 bits per heavy atom. The number of amides is 1. The van der Waals surface area contributed by atoms with Crippen LogP contribution in [0, 0.1) is 0 Å². The monoisotopic (exact) mass is 529 g/mol. The van der Waals surface area contributed by atoms with Gasteiger partial charge in [-0.25, -0.2) is 4.98 Å². The summed E-state index contributed by atoms with van der Waals surface area (Å²) in [4.78, 5) is 28.8. The maximum Gasteiger partial charge on any atom is 0.305 e. The van der Waals surface area contributed by atoms with E-state index >= 15 is 0 Å². The van der Waals surface area contributed by atoms with Crippen LogP contribution in [0.1, 0.15) is 34.8 Å². The predicted molar refractivity (Wildman–Crippen MR) is 149 cm³/mol. The molecule has 0 fully saturated rings. The number of halogens is 1. The van der Waals surface area contributed by atoms with Crippen molar-refractivity contribution in [3.05, 3.63) is 113 Å². The Balaban J connectivity index is 1.36. The van der Waals surface area contributed by atoms with Crippen LogP contribution in [0.5, 0.6) is 5.75 Å². The second kappa shape index (κ2) is 13.3. The quantitative estimate of drug-likeness (QED) is 0.188. The molecule has 0 radical (unpaired) electrons. The van der Waals surface area contributed by atoms with E-state index in [1.54, 1.807) is 36.5 Å². The molecule has 8 heteroatoms. The highest BCUT2D eigenvalue weighted by Gasteiger charge is 2.19. The lowest BCUT2D eigenvalue weighted by Gasteiger charge is -2.18. The average molecular weight is 530 g/mol. The highest BCUT2D eigenvalue weighted by atomic mass is 35.5. The third kappa shape index (κ3) is 7.82. The molecule has 1 unspecified atom stereocenters. The van der Waals surface area contributed by atoms with E-state index < -0.39 is 12.0 Å². The molecule has 0 aliphatic rings. The molecule has 1 aromatic heterocycles. The van der Waals surface area contributed by atoms with Gasteiger partial charge in [0.15, 0.2) is 0 Å². The number of carboxylic acid groups (broad SMARTS) is 1. The maximum atomic E-state index is 13.0. The zero-order valence-corrected chi connectivity index (χ0v) is 21.4. The molecule has 0 saturated carbocycles. The summed E-state index contributed by atoms with van der Waals surface area (Å²) in [6.45, 7) is 1.16. The van der Waals surface area contributed by atoms with E-state index in [0.717, 1.165) is 23.4 Å². The minimum Gasteiger partial charge on any atom is -0.494 e. The fraction of sp³-hybridized carbons (Fsp3) is 0.167. The molecular formula is C30H28ClN3O4. The van der Waals surface area contributed by atoms with Gasteiger partial charge in [-0.05, 0) is 65.6 Å². The molecule has 0 aliphatic carbocycles. The topological polar surface area (TPSA) is 101 Å². The number of aliphatic carboxylic acids is 1. The molecule has 3 N–H and O–H groups in total. The van der Waals surface area contributed by atoms with E-state index in [1.165, 1.54) is 0 Å². The lowest BCUT2D eigenvalue weighted by Crippen LogP contribution is -2.30. The smallest absolute Gasteiger partial charge is 0.305 e. The number of ether oxygens (including phenoxy) is 1. The van der Waals surface area contributed by atoms with Crippen molar-refractivity contribution in [3.63, 3.8) is 0 Å². The summed E-state index contributed by atoms with van der Waals surface area (Å²) in [5, 5.41) is 16.2. The number of carbonyl (C=O) groups excluding carboxylic acids is 1. The van der Waals surface area contributed by atoms with Crippen molar-refractivity contribution >= 4 is 29.3 Å². The van der Waals surface area contributed by atoms with Gasteiger partial charge in [0.2, 0.25) is 0 Å². The Morgan fingerprint density at radius 1 is 0.921 bits per heavy atom. The van der Waals surface area contributed by atoms with Crippen LogP contribution in [-0.4, -0.2) is 35.1 Å². The number of benzene rings is 3. The summed E-state index contributed by atoms with van der Waals surface area (Å²) in [5.74, 6) is -0.0135. The zero-order valence-electron chi connectivity index (χ0n) is 20.6. The molecule has 0 aliphatic heterocycles. The number of hydrogen-bond donors (Lipinski definition) is 3. The van der Waals surface area contributed by atoms with Crippen molar-refractivity contribution in [2.24, 2.45) is 0 Å². The Kier molecular flexibility index (Phi) is 9.32. The lowest BCUT2D eigenvalue weighted by atomic mass is 9.98. The lowest BCUT2D eigenvalue weighted by molar-refractivity contribution is -0.137. The van der Waals surface area contributed by atoms with Gasteiger partial charge in [0, 0.05) is 23.3 Å². The number of pyridine rings is 1. The summed E-state index contributed by atoms with van der Waals surface area (Å²) in [5.41, 5.74) is 2.98. The van der Waals surface area contributed by atoms with Crippen LogP contribution in [0.3, 0.4) is 0 Å². The fourth-order valence-corrected chi connectivity index (χ4v) is 4.11. The van der Waals surface area contributed by atoms with Crippen molar-refractivity contribution in [1.82, 2.24) is 10.3 Å². The molecule has 4 aromatic rings. The van der Waals surface area contributed by atoms with Crippen LogP contribution < -0.4 is 15.4 Å². The summed E-state index contributed by atoms with van der Waals surface area (Å²) in [7, 11) is 0. The number of anilines is 1. The van der Waals surface area contributed by atoms with Crippen molar-refractivity contribution < 1.29 is 19.4 Å². The molecule has 7 nitrogen and oxygen atoms in total. The van der Waals surface area contributed by atoms with E-state index in [-0.39, 0.29) is 12.3 Å². The number of rotatable bonds is 12. The largest absolute Gasteiger partial charge is 0.494 e. The fourth-order valence-electron chi connectivity index (χ4n) is 3.92. The summed E-state index contributed by atoms with van der Waals surface area (Å²) in [6, 6.07) is 26.7. The SMILES string of the molecule is O=C(O)CC(NC(=O)c1cccc(OCCCNc2ccccn2)c1)c1ccc(-c2cccc(Cl)c2)cc1. The third-order valence-corrected chi connectivity index (χ3v) is 6.05. The molecule has 3 aromatic carbocycles. The molecule has 1 heterocycles. The Labute approximate surface area is 226 Å².